The summed E-state index contributed by atoms with van der Waals surface area (Å²) < 4.78 is 23.3. The van der Waals surface area contributed by atoms with Gasteiger partial charge in [-0.1, -0.05) is 42.5 Å². The number of sulfone groups is 1. The Balaban J connectivity index is 1.29. The Labute approximate surface area is 173 Å². The summed E-state index contributed by atoms with van der Waals surface area (Å²) in [5.74, 6) is 0.325. The highest BCUT2D eigenvalue weighted by atomic mass is 32.2. The fourth-order valence-corrected chi connectivity index (χ4v) is 6.14. The summed E-state index contributed by atoms with van der Waals surface area (Å²) in [6.07, 6.45) is 0.559. The summed E-state index contributed by atoms with van der Waals surface area (Å²) in [5.41, 5.74) is 1.34. The molecule has 2 aliphatic rings. The Morgan fingerprint density at radius 3 is 2.45 bits per heavy atom. The standard InChI is InChI=1S/C22H29N3O3S/c1-23(20-9-14-29(27,28)17-20)22(26)16-25-12-10-24(11-13-25)15-19-7-4-6-18-5-2-3-8-21(18)19/h2-8,20H,9-17H2,1H3. The van der Waals surface area contributed by atoms with Crippen LogP contribution < -0.4 is 0 Å². The van der Waals surface area contributed by atoms with Crippen molar-refractivity contribution in [3.05, 3.63) is 48.0 Å². The molecule has 2 aliphatic heterocycles. The Kier molecular flexibility index (Phi) is 5.90. The number of likely N-dealkylation sites (N-methyl/N-ethyl adjacent to an activating group) is 1. The molecule has 0 radical (unpaired) electrons. The first-order valence-corrected chi connectivity index (χ1v) is 12.1. The van der Waals surface area contributed by atoms with Crippen molar-refractivity contribution in [2.45, 2.75) is 19.0 Å². The molecule has 0 aliphatic carbocycles. The highest BCUT2D eigenvalue weighted by Crippen LogP contribution is 2.21. The summed E-state index contributed by atoms with van der Waals surface area (Å²) in [4.78, 5) is 18.9. The quantitative estimate of drug-likeness (QED) is 0.742. The second-order valence-electron chi connectivity index (χ2n) is 8.25. The highest BCUT2D eigenvalue weighted by Gasteiger charge is 2.33. The van der Waals surface area contributed by atoms with E-state index in [4.69, 9.17) is 0 Å². The molecule has 0 spiro atoms. The van der Waals surface area contributed by atoms with Crippen molar-refractivity contribution < 1.29 is 13.2 Å². The molecule has 1 atom stereocenters. The monoisotopic (exact) mass is 415 g/mol. The van der Waals surface area contributed by atoms with E-state index in [-0.39, 0.29) is 23.5 Å². The average molecular weight is 416 g/mol. The van der Waals surface area contributed by atoms with Crippen LogP contribution in [0.3, 0.4) is 0 Å². The maximum atomic E-state index is 12.6. The van der Waals surface area contributed by atoms with Crippen LogP contribution in [-0.2, 0) is 21.2 Å². The predicted molar refractivity (Wildman–Crippen MR) is 115 cm³/mol. The van der Waals surface area contributed by atoms with Gasteiger partial charge in [-0.15, -0.1) is 0 Å². The Hall–Kier alpha value is -1.96. The summed E-state index contributed by atoms with van der Waals surface area (Å²) in [6, 6.07) is 14.8. The number of carbonyl (C=O) groups excluding carboxylic acids is 1. The van der Waals surface area contributed by atoms with Crippen LogP contribution in [0.4, 0.5) is 0 Å². The summed E-state index contributed by atoms with van der Waals surface area (Å²) >= 11 is 0. The van der Waals surface area contributed by atoms with Gasteiger partial charge in [0.05, 0.1) is 18.1 Å². The van der Waals surface area contributed by atoms with Crippen molar-refractivity contribution >= 4 is 26.5 Å². The van der Waals surface area contributed by atoms with E-state index in [1.54, 1.807) is 11.9 Å². The summed E-state index contributed by atoms with van der Waals surface area (Å²) in [7, 11) is -1.23. The molecule has 1 unspecified atom stereocenters. The van der Waals surface area contributed by atoms with Crippen LogP contribution in [0.1, 0.15) is 12.0 Å². The van der Waals surface area contributed by atoms with Gasteiger partial charge in [0.2, 0.25) is 5.91 Å². The third-order valence-corrected chi connectivity index (χ3v) is 8.00. The summed E-state index contributed by atoms with van der Waals surface area (Å²) in [6.45, 7) is 4.86. The number of piperazine rings is 1. The molecule has 2 aromatic carbocycles. The lowest BCUT2D eigenvalue weighted by Gasteiger charge is -2.35. The van der Waals surface area contributed by atoms with E-state index >= 15 is 0 Å². The molecule has 2 aromatic rings. The van der Waals surface area contributed by atoms with Gasteiger partial charge in [0.1, 0.15) is 0 Å². The first-order chi connectivity index (χ1) is 13.9. The fraction of sp³-hybridized carbons (Fsp3) is 0.500. The van der Waals surface area contributed by atoms with Gasteiger partial charge in [0.15, 0.2) is 9.84 Å². The lowest BCUT2D eigenvalue weighted by Crippen LogP contribution is -2.50. The predicted octanol–water partition coefficient (Wildman–Crippen LogP) is 1.60. The number of nitrogens with zero attached hydrogens (tertiary/aromatic N) is 3. The Morgan fingerprint density at radius 1 is 1.03 bits per heavy atom. The van der Waals surface area contributed by atoms with Crippen LogP contribution in [0.2, 0.25) is 0 Å². The molecule has 29 heavy (non-hydrogen) atoms. The van der Waals surface area contributed by atoms with E-state index < -0.39 is 9.84 Å². The SMILES string of the molecule is CN(C(=O)CN1CCN(Cc2cccc3ccccc23)CC1)C1CCS(=O)(=O)C1. The van der Waals surface area contributed by atoms with Crippen molar-refractivity contribution in [2.75, 3.05) is 51.3 Å². The molecular weight excluding hydrogens is 386 g/mol. The zero-order valence-electron chi connectivity index (χ0n) is 17.0. The molecule has 0 N–H and O–H groups in total. The average Bonchev–Trinajstić information content (AvgIpc) is 3.09. The molecule has 0 saturated carbocycles. The van der Waals surface area contributed by atoms with E-state index in [9.17, 15) is 13.2 Å². The van der Waals surface area contributed by atoms with Gasteiger partial charge in [-0.05, 0) is 22.8 Å². The Morgan fingerprint density at radius 2 is 1.72 bits per heavy atom. The number of carbonyl (C=O) groups is 1. The zero-order valence-corrected chi connectivity index (χ0v) is 17.8. The minimum Gasteiger partial charge on any atom is -0.341 e. The topological polar surface area (TPSA) is 60.9 Å². The molecule has 0 aromatic heterocycles. The maximum Gasteiger partial charge on any atom is 0.236 e. The number of rotatable bonds is 5. The third kappa shape index (κ3) is 4.79. The Bertz CT molecular complexity index is 978. The van der Waals surface area contributed by atoms with Gasteiger partial charge in [-0.2, -0.15) is 0 Å². The number of hydrogen-bond acceptors (Lipinski definition) is 5. The van der Waals surface area contributed by atoms with Crippen molar-refractivity contribution in [3.8, 4) is 0 Å². The molecule has 0 bridgehead atoms. The smallest absolute Gasteiger partial charge is 0.236 e. The van der Waals surface area contributed by atoms with Gasteiger partial charge < -0.3 is 4.90 Å². The fourth-order valence-electron chi connectivity index (χ4n) is 4.36. The normalized spacial score (nSPS) is 22.7. The maximum absolute atomic E-state index is 12.6. The molecule has 1 amide bonds. The van der Waals surface area contributed by atoms with Gasteiger partial charge in [-0.3, -0.25) is 14.6 Å². The minimum absolute atomic E-state index is 0.0228. The van der Waals surface area contributed by atoms with Gasteiger partial charge in [-0.25, -0.2) is 8.42 Å². The van der Waals surface area contributed by atoms with Crippen LogP contribution >= 0.6 is 0 Å². The molecule has 2 fully saturated rings. The number of benzene rings is 2. The lowest BCUT2D eigenvalue weighted by molar-refractivity contribution is -0.133. The van der Waals surface area contributed by atoms with Crippen molar-refractivity contribution in [3.63, 3.8) is 0 Å². The minimum atomic E-state index is -2.97. The zero-order chi connectivity index (χ0) is 20.4. The second kappa shape index (κ2) is 8.42. The first-order valence-electron chi connectivity index (χ1n) is 10.3. The van der Waals surface area contributed by atoms with Crippen LogP contribution in [-0.4, -0.2) is 86.3 Å². The lowest BCUT2D eigenvalue weighted by atomic mass is 10.0. The third-order valence-electron chi connectivity index (χ3n) is 6.25. The van der Waals surface area contributed by atoms with Crippen LogP contribution in [0, 0.1) is 0 Å². The molecule has 7 heteroatoms. The van der Waals surface area contributed by atoms with Gasteiger partial charge >= 0.3 is 0 Å². The molecule has 156 valence electrons. The van der Waals surface area contributed by atoms with Gasteiger partial charge in [0, 0.05) is 45.8 Å². The highest BCUT2D eigenvalue weighted by molar-refractivity contribution is 7.91. The molecule has 2 saturated heterocycles. The molecule has 4 rings (SSSR count). The largest absolute Gasteiger partial charge is 0.341 e. The van der Waals surface area contributed by atoms with E-state index in [1.807, 2.05) is 0 Å². The van der Waals surface area contributed by atoms with Crippen LogP contribution in [0.15, 0.2) is 42.5 Å². The second-order valence-corrected chi connectivity index (χ2v) is 10.5. The molecule has 2 heterocycles. The van der Waals surface area contributed by atoms with E-state index in [0.29, 0.717) is 13.0 Å². The summed E-state index contributed by atoms with van der Waals surface area (Å²) in [5, 5.41) is 2.58. The number of amides is 1. The van der Waals surface area contributed by atoms with Crippen LogP contribution in [0.5, 0.6) is 0 Å². The van der Waals surface area contributed by atoms with Crippen molar-refractivity contribution in [2.24, 2.45) is 0 Å². The molecule has 6 nitrogen and oxygen atoms in total. The van der Waals surface area contributed by atoms with Crippen molar-refractivity contribution in [1.29, 1.82) is 0 Å². The van der Waals surface area contributed by atoms with Crippen LogP contribution in [0.25, 0.3) is 10.8 Å². The first kappa shape index (κ1) is 20.3. The number of hydrogen-bond donors (Lipinski definition) is 0. The van der Waals surface area contributed by atoms with E-state index in [1.165, 1.54) is 16.3 Å². The van der Waals surface area contributed by atoms with E-state index in [2.05, 4.69) is 52.3 Å². The number of fused-ring (bicyclic) bond motifs is 1. The molecular formula is C22H29N3O3S. The van der Waals surface area contributed by atoms with Gasteiger partial charge in [0.25, 0.3) is 0 Å². The van der Waals surface area contributed by atoms with E-state index in [0.717, 1.165) is 32.7 Å². The van der Waals surface area contributed by atoms with Crippen molar-refractivity contribution in [1.82, 2.24) is 14.7 Å².